The maximum absolute atomic E-state index is 7.55. The van der Waals surface area contributed by atoms with Crippen molar-refractivity contribution in [2.75, 3.05) is 0 Å². The average molecular weight is 690 g/mol. The second kappa shape index (κ2) is 8.58. The summed E-state index contributed by atoms with van der Waals surface area (Å²) < 4.78 is 19.6. The first-order valence-electron chi connectivity index (χ1n) is 18.6. The number of benzene rings is 5. The number of nitrogens with zero attached hydrogens (tertiary/aromatic N) is 4. The van der Waals surface area contributed by atoms with Gasteiger partial charge in [0.1, 0.15) is 5.82 Å². The molecule has 1 N–H and O–H groups in total. The van der Waals surface area contributed by atoms with Gasteiger partial charge in [-0.3, -0.25) is 4.99 Å². The van der Waals surface area contributed by atoms with Crippen molar-refractivity contribution in [2.24, 2.45) is 4.99 Å². The van der Waals surface area contributed by atoms with Gasteiger partial charge in [-0.05, 0) is 96.6 Å². The van der Waals surface area contributed by atoms with Crippen LogP contribution in [0.2, 0.25) is 0 Å². The average Bonchev–Trinajstić information content (AvgIpc) is 3.84. The molecule has 5 aliphatic rings. The summed E-state index contributed by atoms with van der Waals surface area (Å²) in [7, 11) is 0. The number of rotatable bonds is 0. The molecule has 8 heterocycles. The van der Waals surface area contributed by atoms with E-state index in [1.54, 1.807) is 0 Å². The van der Waals surface area contributed by atoms with Gasteiger partial charge in [0.05, 0.1) is 49.9 Å². The van der Waals surface area contributed by atoms with Crippen molar-refractivity contribution < 1.29 is 18.6 Å². The van der Waals surface area contributed by atoms with Crippen LogP contribution in [0.25, 0.3) is 77.5 Å². The van der Waals surface area contributed by atoms with E-state index in [2.05, 4.69) is 141 Å². The summed E-state index contributed by atoms with van der Waals surface area (Å²) in [5.74, 6) is 2.30. The number of fused-ring (bicyclic) bond motifs is 5. The van der Waals surface area contributed by atoms with Crippen LogP contribution < -0.4 is 18.6 Å². The number of hydrogen-bond donors (Lipinski definition) is 1. The monoisotopic (exact) mass is 689 g/mol. The lowest BCUT2D eigenvalue weighted by molar-refractivity contribution is -1.03. The van der Waals surface area contributed by atoms with Crippen LogP contribution in [0.4, 0.5) is 5.69 Å². The summed E-state index contributed by atoms with van der Waals surface area (Å²) >= 11 is 0. The van der Waals surface area contributed by atoms with Crippen LogP contribution in [0.5, 0.6) is 11.5 Å². The van der Waals surface area contributed by atoms with E-state index in [9.17, 15) is 0 Å². The van der Waals surface area contributed by atoms with E-state index in [-0.39, 0.29) is 10.8 Å². The van der Waals surface area contributed by atoms with Gasteiger partial charge in [0.15, 0.2) is 11.5 Å². The number of nitrogens with one attached hydrogen (secondary N) is 1. The Labute approximate surface area is 305 Å². The molecule has 0 fully saturated rings. The second-order valence-electron chi connectivity index (χ2n) is 17.5. The Hall–Kier alpha value is -6.08. The van der Waals surface area contributed by atoms with E-state index >= 15 is 0 Å². The third-order valence-electron chi connectivity index (χ3n) is 12.3. The third kappa shape index (κ3) is 3.18. The molecule has 5 aliphatic heterocycles. The first-order valence-corrected chi connectivity index (χ1v) is 18.6. The predicted molar refractivity (Wildman–Crippen MR) is 207 cm³/mol. The fourth-order valence-electron chi connectivity index (χ4n) is 10.0. The molecule has 0 aliphatic carbocycles. The molecule has 3 aromatic heterocycles. The van der Waals surface area contributed by atoms with Gasteiger partial charge in [-0.1, -0.05) is 59.7 Å². The van der Waals surface area contributed by atoms with Gasteiger partial charge in [-0.15, -0.1) is 0 Å². The zero-order valence-electron chi connectivity index (χ0n) is 30.4. The molecule has 13 rings (SSSR count). The number of ether oxygens (including phenoxy) is 2. The Balaban J connectivity index is 1.26. The highest BCUT2D eigenvalue weighted by Gasteiger charge is 2.72. The Morgan fingerprint density at radius 2 is 1.23 bits per heavy atom. The summed E-state index contributed by atoms with van der Waals surface area (Å²) in [5.41, 5.74) is 15.8. The lowest BCUT2D eigenvalue weighted by atomic mass is 9.79. The van der Waals surface area contributed by atoms with Crippen LogP contribution in [0.15, 0.2) is 89.9 Å². The number of aliphatic imine (C=N–C) groups is 1. The fraction of sp³-hybridized carbons (Fsp3) is 0.217. The number of imidazole rings is 1. The molecule has 53 heavy (non-hydrogen) atoms. The molecular formula is C46H35N5O2+2. The van der Waals surface area contributed by atoms with E-state index in [0.717, 1.165) is 101 Å². The van der Waals surface area contributed by atoms with E-state index in [1.807, 2.05) is 0 Å². The Bertz CT molecular complexity index is 3170. The highest BCUT2D eigenvalue weighted by molar-refractivity contribution is 6.19. The van der Waals surface area contributed by atoms with E-state index < -0.39 is 6.03 Å². The van der Waals surface area contributed by atoms with Crippen molar-refractivity contribution in [3.8, 4) is 45.4 Å². The smallest absolute Gasteiger partial charge is 0.339 e. The highest BCUT2D eigenvalue weighted by Crippen LogP contribution is 2.53. The number of aromatic amines is 1. The molecule has 7 bridgehead atoms. The maximum Gasteiger partial charge on any atom is 0.716 e. The predicted octanol–water partition coefficient (Wildman–Crippen LogP) is 9.40. The van der Waals surface area contributed by atoms with Crippen LogP contribution in [0, 0.1) is 0 Å². The van der Waals surface area contributed by atoms with E-state index in [0.29, 0.717) is 6.42 Å². The van der Waals surface area contributed by atoms with Gasteiger partial charge >= 0.3 is 6.03 Å². The SMILES string of the molecule is CC(C)(C)c1cc2cc(C(C)(C)C)c3[nH]c4nc3c2c2c1CC(=N2)c1cccc2c1OC13Oc5c-4cccc5-c4ccc5ccc6ccc-2[n+]1c6c5[n+]43. The minimum Gasteiger partial charge on any atom is -0.339 e. The maximum atomic E-state index is 7.55. The minimum atomic E-state index is -1.35. The van der Waals surface area contributed by atoms with Crippen LogP contribution in [0.3, 0.4) is 0 Å². The lowest BCUT2D eigenvalue weighted by Gasteiger charge is -2.30. The fourth-order valence-corrected chi connectivity index (χ4v) is 10.0. The molecule has 0 radical (unpaired) electrons. The summed E-state index contributed by atoms with van der Waals surface area (Å²) in [6.45, 7) is 13.8. The first-order chi connectivity index (χ1) is 25.5. The van der Waals surface area contributed by atoms with Crippen LogP contribution in [-0.4, -0.2) is 15.7 Å². The minimum absolute atomic E-state index is 0.0966. The number of pyridine rings is 2. The van der Waals surface area contributed by atoms with Crippen molar-refractivity contribution in [3.63, 3.8) is 0 Å². The summed E-state index contributed by atoms with van der Waals surface area (Å²) in [6, 6.07) is 29.6. The first kappa shape index (κ1) is 28.5. The summed E-state index contributed by atoms with van der Waals surface area (Å²) in [6.07, 6.45) is 0.697. The number of aromatic nitrogens is 4. The quantitative estimate of drug-likeness (QED) is 0.128. The topological polar surface area (TPSA) is 67.3 Å². The van der Waals surface area contributed by atoms with Gasteiger partial charge in [-0.2, -0.15) is 0 Å². The summed E-state index contributed by atoms with van der Waals surface area (Å²) in [4.78, 5) is 15.0. The molecule has 7 heteroatoms. The summed E-state index contributed by atoms with van der Waals surface area (Å²) in [5, 5.41) is 4.53. The van der Waals surface area contributed by atoms with Crippen LogP contribution in [0.1, 0.15) is 63.8 Å². The Morgan fingerprint density at radius 3 is 1.87 bits per heavy atom. The molecule has 254 valence electrons. The molecule has 7 nitrogen and oxygen atoms in total. The normalized spacial score (nSPS) is 18.0. The molecule has 0 amide bonds. The molecule has 5 aromatic carbocycles. The van der Waals surface area contributed by atoms with Gasteiger partial charge in [-0.25, -0.2) is 4.98 Å². The van der Waals surface area contributed by atoms with Gasteiger partial charge < -0.3 is 14.5 Å². The zero-order chi connectivity index (χ0) is 35.5. The lowest BCUT2D eigenvalue weighted by Crippen LogP contribution is -2.79. The molecular weight excluding hydrogens is 655 g/mol. The molecule has 1 spiro atoms. The molecule has 0 saturated carbocycles. The van der Waals surface area contributed by atoms with E-state index in [1.165, 1.54) is 22.1 Å². The zero-order valence-corrected chi connectivity index (χ0v) is 30.4. The Morgan fingerprint density at radius 1 is 0.660 bits per heavy atom. The van der Waals surface area contributed by atoms with Crippen LogP contribution >= 0.6 is 0 Å². The highest BCUT2D eigenvalue weighted by atomic mass is 16.7. The van der Waals surface area contributed by atoms with Crippen molar-refractivity contribution in [1.82, 2.24) is 9.97 Å². The van der Waals surface area contributed by atoms with Crippen LogP contribution in [-0.2, 0) is 23.3 Å². The van der Waals surface area contributed by atoms with E-state index in [4.69, 9.17) is 19.5 Å². The molecule has 0 saturated heterocycles. The third-order valence-corrected chi connectivity index (χ3v) is 12.3. The van der Waals surface area contributed by atoms with Crippen molar-refractivity contribution in [1.29, 1.82) is 0 Å². The van der Waals surface area contributed by atoms with Crippen molar-refractivity contribution in [2.45, 2.75) is 64.8 Å². The molecule has 8 aromatic rings. The molecule has 1 unspecified atom stereocenters. The van der Waals surface area contributed by atoms with Gasteiger partial charge in [0.2, 0.25) is 11.4 Å². The number of hydrogen-bond acceptors (Lipinski definition) is 4. The van der Waals surface area contributed by atoms with Gasteiger partial charge in [0, 0.05) is 29.5 Å². The standard InChI is InChI=1S/C46H34N5O2/c1-44(2,3)30-19-24-20-31(45(4,5)6)37-38-35(24)36-29(30)21-32(47-36)25-9-7-10-26-33-17-15-22-13-14-23-16-18-34-27-11-8-12-28(43(48-37)49-38)42(27)53-46(52-41(25)26)50(33)39(22)40(23)51(34)46/h7-20H,21H2,1-6H3/q+1/p+1. The second-order valence-corrected chi connectivity index (χ2v) is 17.5. The number of H-pyrrole nitrogens is 1. The van der Waals surface area contributed by atoms with Crippen molar-refractivity contribution >= 4 is 55.0 Å². The number of para-hydroxylation sites is 2. The van der Waals surface area contributed by atoms with Gasteiger partial charge in [0.25, 0.3) is 11.0 Å². The van der Waals surface area contributed by atoms with Crippen molar-refractivity contribution in [3.05, 3.63) is 107 Å². The largest absolute Gasteiger partial charge is 0.716 e. The Kier molecular flexibility index (Phi) is 4.61. The molecule has 1 atom stereocenters.